The number of carbonyl (C=O) groups excluding carboxylic acids is 1. The molecular formula is C11H14N2O2. The molecular weight excluding hydrogens is 192 g/mol. The zero-order valence-electron chi connectivity index (χ0n) is 8.48. The second kappa shape index (κ2) is 3.38. The molecule has 1 amide bonds. The molecule has 0 spiro atoms. The molecule has 0 saturated carbocycles. The number of fused-ring (bicyclic) bond motifs is 1. The summed E-state index contributed by atoms with van der Waals surface area (Å²) in [6, 6.07) is 2.24. The molecule has 80 valence electrons. The zero-order chi connectivity index (χ0) is 10.3. The number of rotatable bonds is 1. The van der Waals surface area contributed by atoms with E-state index in [2.05, 4.69) is 5.32 Å². The Labute approximate surface area is 88.2 Å². The van der Waals surface area contributed by atoms with Gasteiger partial charge in [-0.1, -0.05) is 0 Å². The molecule has 2 unspecified atom stereocenters. The highest BCUT2D eigenvalue weighted by molar-refractivity contribution is 5.94. The highest BCUT2D eigenvalue weighted by Crippen LogP contribution is 2.25. The largest absolute Gasteiger partial charge is 0.472 e. The van der Waals surface area contributed by atoms with Gasteiger partial charge in [0.25, 0.3) is 5.91 Å². The molecule has 3 rings (SSSR count). The summed E-state index contributed by atoms with van der Waals surface area (Å²) in [5, 5.41) is 3.43. The van der Waals surface area contributed by atoms with E-state index in [4.69, 9.17) is 4.42 Å². The van der Waals surface area contributed by atoms with Crippen LogP contribution in [0.5, 0.6) is 0 Å². The van der Waals surface area contributed by atoms with E-state index < -0.39 is 0 Å². The maximum Gasteiger partial charge on any atom is 0.257 e. The number of nitrogens with zero attached hydrogens (tertiary/aromatic N) is 1. The Hall–Kier alpha value is -1.29. The van der Waals surface area contributed by atoms with E-state index in [0.29, 0.717) is 17.5 Å². The van der Waals surface area contributed by atoms with Crippen molar-refractivity contribution in [2.45, 2.75) is 12.5 Å². The topological polar surface area (TPSA) is 45.5 Å². The van der Waals surface area contributed by atoms with Crippen LogP contribution in [0.4, 0.5) is 0 Å². The van der Waals surface area contributed by atoms with Gasteiger partial charge in [-0.3, -0.25) is 4.79 Å². The maximum atomic E-state index is 12.0. The van der Waals surface area contributed by atoms with Crippen LogP contribution in [0.3, 0.4) is 0 Å². The van der Waals surface area contributed by atoms with Crippen LogP contribution in [0.1, 0.15) is 16.8 Å². The highest BCUT2D eigenvalue weighted by Gasteiger charge is 2.38. The first-order valence-electron chi connectivity index (χ1n) is 5.39. The van der Waals surface area contributed by atoms with E-state index in [1.807, 2.05) is 4.90 Å². The van der Waals surface area contributed by atoms with Crippen LogP contribution < -0.4 is 5.32 Å². The molecule has 2 atom stereocenters. The molecule has 2 aliphatic rings. The molecule has 2 fully saturated rings. The van der Waals surface area contributed by atoms with E-state index >= 15 is 0 Å². The average molecular weight is 206 g/mol. The van der Waals surface area contributed by atoms with Gasteiger partial charge in [0, 0.05) is 19.1 Å². The third kappa shape index (κ3) is 1.45. The second-order valence-corrected chi connectivity index (χ2v) is 4.33. The molecule has 1 aromatic heterocycles. The van der Waals surface area contributed by atoms with Crippen LogP contribution in [0, 0.1) is 5.92 Å². The van der Waals surface area contributed by atoms with Crippen LogP contribution in [-0.2, 0) is 0 Å². The SMILES string of the molecule is O=C(c1ccoc1)N1CC2CCNC2C1. The van der Waals surface area contributed by atoms with Gasteiger partial charge in [0.05, 0.1) is 11.8 Å². The van der Waals surface area contributed by atoms with Crippen molar-refractivity contribution in [1.82, 2.24) is 10.2 Å². The third-order valence-corrected chi connectivity index (χ3v) is 3.42. The van der Waals surface area contributed by atoms with Crippen molar-refractivity contribution in [1.29, 1.82) is 0 Å². The quantitative estimate of drug-likeness (QED) is 0.736. The van der Waals surface area contributed by atoms with E-state index in [9.17, 15) is 4.79 Å². The van der Waals surface area contributed by atoms with Gasteiger partial charge in [0.2, 0.25) is 0 Å². The van der Waals surface area contributed by atoms with Gasteiger partial charge in [-0.05, 0) is 24.9 Å². The van der Waals surface area contributed by atoms with Gasteiger partial charge in [-0.15, -0.1) is 0 Å². The Morgan fingerprint density at radius 3 is 3.20 bits per heavy atom. The molecule has 1 aromatic rings. The maximum absolute atomic E-state index is 12.0. The van der Waals surface area contributed by atoms with Crippen molar-refractivity contribution in [3.63, 3.8) is 0 Å². The first-order valence-corrected chi connectivity index (χ1v) is 5.39. The molecule has 0 bridgehead atoms. The predicted octanol–water partition coefficient (Wildman–Crippen LogP) is 0.713. The zero-order valence-corrected chi connectivity index (χ0v) is 8.48. The molecule has 0 aromatic carbocycles. The van der Waals surface area contributed by atoms with Crippen LogP contribution in [0.25, 0.3) is 0 Å². The van der Waals surface area contributed by atoms with Crippen molar-refractivity contribution < 1.29 is 9.21 Å². The van der Waals surface area contributed by atoms with Crippen LogP contribution in [-0.4, -0.2) is 36.5 Å². The van der Waals surface area contributed by atoms with Crippen LogP contribution >= 0.6 is 0 Å². The Kier molecular flexibility index (Phi) is 2.02. The number of carbonyl (C=O) groups is 1. The standard InChI is InChI=1S/C11H14N2O2/c14-11(9-2-4-15-7-9)13-5-8-1-3-12-10(8)6-13/h2,4,7-8,10,12H,1,3,5-6H2. The lowest BCUT2D eigenvalue weighted by atomic mass is 10.1. The summed E-state index contributed by atoms with van der Waals surface area (Å²) in [4.78, 5) is 13.9. The molecule has 0 aliphatic carbocycles. The minimum absolute atomic E-state index is 0.0972. The van der Waals surface area contributed by atoms with Gasteiger partial charge >= 0.3 is 0 Å². The molecule has 2 saturated heterocycles. The summed E-state index contributed by atoms with van der Waals surface area (Å²) in [6.07, 6.45) is 4.26. The molecule has 1 N–H and O–H groups in total. The second-order valence-electron chi connectivity index (χ2n) is 4.33. The normalized spacial score (nSPS) is 29.5. The summed E-state index contributed by atoms with van der Waals surface area (Å²) in [5.74, 6) is 0.751. The number of amides is 1. The van der Waals surface area contributed by atoms with E-state index in [0.717, 1.165) is 19.6 Å². The monoisotopic (exact) mass is 206 g/mol. The minimum Gasteiger partial charge on any atom is -0.472 e. The molecule has 3 heterocycles. The lowest BCUT2D eigenvalue weighted by Gasteiger charge is -2.15. The summed E-state index contributed by atoms with van der Waals surface area (Å²) >= 11 is 0. The fraction of sp³-hybridized carbons (Fsp3) is 0.545. The van der Waals surface area contributed by atoms with Gasteiger partial charge in [0.1, 0.15) is 6.26 Å². The van der Waals surface area contributed by atoms with Gasteiger partial charge in [-0.2, -0.15) is 0 Å². The van der Waals surface area contributed by atoms with E-state index in [1.165, 1.54) is 12.7 Å². The lowest BCUT2D eigenvalue weighted by molar-refractivity contribution is 0.0782. The summed E-state index contributed by atoms with van der Waals surface area (Å²) < 4.78 is 4.93. The first kappa shape index (κ1) is 8.97. The number of hydrogen-bond acceptors (Lipinski definition) is 3. The van der Waals surface area contributed by atoms with Crippen molar-refractivity contribution in [3.8, 4) is 0 Å². The van der Waals surface area contributed by atoms with Crippen molar-refractivity contribution >= 4 is 5.91 Å². The predicted molar refractivity (Wildman–Crippen MR) is 54.5 cm³/mol. The smallest absolute Gasteiger partial charge is 0.257 e. The summed E-state index contributed by atoms with van der Waals surface area (Å²) in [6.45, 7) is 2.83. The van der Waals surface area contributed by atoms with Gasteiger partial charge < -0.3 is 14.6 Å². The Morgan fingerprint density at radius 1 is 1.53 bits per heavy atom. The van der Waals surface area contributed by atoms with E-state index in [1.54, 1.807) is 12.3 Å². The van der Waals surface area contributed by atoms with Gasteiger partial charge in [0.15, 0.2) is 0 Å². The molecule has 2 aliphatic heterocycles. The molecule has 15 heavy (non-hydrogen) atoms. The molecule has 4 heteroatoms. The Balaban J connectivity index is 1.72. The van der Waals surface area contributed by atoms with Crippen LogP contribution in [0.2, 0.25) is 0 Å². The first-order chi connectivity index (χ1) is 7.34. The fourth-order valence-electron chi connectivity index (χ4n) is 2.58. The number of nitrogens with one attached hydrogen (secondary N) is 1. The number of hydrogen-bond donors (Lipinski definition) is 1. The fourth-order valence-corrected chi connectivity index (χ4v) is 2.58. The minimum atomic E-state index is 0.0972. The van der Waals surface area contributed by atoms with E-state index in [-0.39, 0.29) is 5.91 Å². The summed E-state index contributed by atoms with van der Waals surface area (Å²) in [7, 11) is 0. The van der Waals surface area contributed by atoms with Crippen molar-refractivity contribution in [3.05, 3.63) is 24.2 Å². The Bertz CT molecular complexity index is 349. The summed E-state index contributed by atoms with van der Waals surface area (Å²) in [5.41, 5.74) is 0.662. The molecule has 4 nitrogen and oxygen atoms in total. The number of likely N-dealkylation sites (tertiary alicyclic amines) is 1. The Morgan fingerprint density at radius 2 is 2.47 bits per heavy atom. The van der Waals surface area contributed by atoms with Gasteiger partial charge in [-0.25, -0.2) is 0 Å². The molecule has 0 radical (unpaired) electrons. The number of furan rings is 1. The average Bonchev–Trinajstić information content (AvgIpc) is 2.92. The van der Waals surface area contributed by atoms with Crippen molar-refractivity contribution in [2.24, 2.45) is 5.92 Å². The highest BCUT2D eigenvalue weighted by atomic mass is 16.3. The third-order valence-electron chi connectivity index (χ3n) is 3.42. The lowest BCUT2D eigenvalue weighted by Crippen LogP contribution is -2.33. The van der Waals surface area contributed by atoms with Crippen LogP contribution in [0.15, 0.2) is 23.0 Å². The van der Waals surface area contributed by atoms with Crippen molar-refractivity contribution in [2.75, 3.05) is 19.6 Å².